The van der Waals surface area contributed by atoms with Crippen LogP contribution in [0.3, 0.4) is 0 Å². The van der Waals surface area contributed by atoms with E-state index in [1.54, 1.807) is 43.3 Å². The number of nitrogens with one attached hydrogen (secondary N) is 1. The Morgan fingerprint density at radius 3 is 2.19 bits per heavy atom. The molecule has 9 heteroatoms. The van der Waals surface area contributed by atoms with Crippen molar-refractivity contribution in [1.82, 2.24) is 0 Å². The summed E-state index contributed by atoms with van der Waals surface area (Å²) in [4.78, 5) is 24.1. The molecule has 166 valence electrons. The van der Waals surface area contributed by atoms with E-state index >= 15 is 0 Å². The van der Waals surface area contributed by atoms with E-state index in [4.69, 9.17) is 4.74 Å². The monoisotopic (exact) mass is 456 g/mol. The fourth-order valence-corrected chi connectivity index (χ4v) is 4.41. The number of amides is 1. The number of benzene rings is 3. The average Bonchev–Trinajstić information content (AvgIpc) is 2.80. The minimum Gasteiger partial charge on any atom is -0.452 e. The molecule has 0 radical (unpaired) electrons. The van der Waals surface area contributed by atoms with Crippen molar-refractivity contribution >= 4 is 33.3 Å². The normalized spacial score (nSPS) is 10.9. The van der Waals surface area contributed by atoms with E-state index in [1.165, 1.54) is 46.8 Å². The molecule has 0 unspecified atom stereocenters. The number of hydrogen-bond donors (Lipinski definition) is 1. The molecule has 0 aliphatic rings. The van der Waals surface area contributed by atoms with Gasteiger partial charge in [-0.3, -0.25) is 9.10 Å². The molecule has 0 aliphatic carbocycles. The second-order valence-corrected chi connectivity index (χ2v) is 8.50. The Morgan fingerprint density at radius 2 is 1.56 bits per heavy atom. The number of ether oxygens (including phenoxy) is 1. The number of carbonyl (C=O) groups excluding carboxylic acids is 2. The SMILES string of the molecule is CCN(c1ccccc1)S(=O)(=O)c1ccc(C(=O)OCC(=O)Nc2ccccc2F)cc1. The third kappa shape index (κ3) is 5.30. The first-order valence-corrected chi connectivity index (χ1v) is 11.2. The van der Waals surface area contributed by atoms with Crippen LogP contribution in [0.2, 0.25) is 0 Å². The number of esters is 1. The lowest BCUT2D eigenvalue weighted by atomic mass is 10.2. The van der Waals surface area contributed by atoms with E-state index in [-0.39, 0.29) is 22.7 Å². The summed E-state index contributed by atoms with van der Waals surface area (Å²) in [5.41, 5.74) is 0.576. The van der Waals surface area contributed by atoms with Crippen molar-refractivity contribution in [3.8, 4) is 0 Å². The highest BCUT2D eigenvalue weighted by Gasteiger charge is 2.24. The predicted molar refractivity (Wildman–Crippen MR) is 118 cm³/mol. The van der Waals surface area contributed by atoms with E-state index in [2.05, 4.69) is 5.32 Å². The zero-order valence-electron chi connectivity index (χ0n) is 17.2. The first-order chi connectivity index (χ1) is 15.3. The molecular formula is C23H21FN2O5S. The minimum atomic E-state index is -3.83. The Balaban J connectivity index is 1.65. The Kier molecular flexibility index (Phi) is 7.21. The van der Waals surface area contributed by atoms with Crippen LogP contribution < -0.4 is 9.62 Å². The van der Waals surface area contributed by atoms with Crippen LogP contribution in [-0.4, -0.2) is 33.4 Å². The highest BCUT2D eigenvalue weighted by atomic mass is 32.2. The highest BCUT2D eigenvalue weighted by molar-refractivity contribution is 7.92. The third-order valence-corrected chi connectivity index (χ3v) is 6.41. The lowest BCUT2D eigenvalue weighted by Gasteiger charge is -2.22. The summed E-state index contributed by atoms with van der Waals surface area (Å²) in [6.45, 7) is 1.33. The molecule has 0 bridgehead atoms. The van der Waals surface area contributed by atoms with Gasteiger partial charge >= 0.3 is 5.97 Å². The molecule has 3 aromatic carbocycles. The molecule has 0 saturated heterocycles. The van der Waals surface area contributed by atoms with E-state index in [0.717, 1.165) is 0 Å². The number of nitrogens with zero attached hydrogens (tertiary/aromatic N) is 1. The van der Waals surface area contributed by atoms with Gasteiger partial charge < -0.3 is 10.1 Å². The Hall–Kier alpha value is -3.72. The smallest absolute Gasteiger partial charge is 0.338 e. The number of hydrogen-bond acceptors (Lipinski definition) is 5. The van der Waals surface area contributed by atoms with E-state index in [0.29, 0.717) is 5.69 Å². The number of anilines is 2. The van der Waals surface area contributed by atoms with Crippen molar-refractivity contribution in [3.63, 3.8) is 0 Å². The van der Waals surface area contributed by atoms with Gasteiger partial charge in [0.05, 0.1) is 21.8 Å². The molecule has 0 heterocycles. The molecule has 1 N–H and O–H groups in total. The molecule has 0 atom stereocenters. The first kappa shape index (κ1) is 23.0. The zero-order chi connectivity index (χ0) is 23.1. The van der Waals surface area contributed by atoms with E-state index in [9.17, 15) is 22.4 Å². The molecule has 0 aliphatic heterocycles. The first-order valence-electron chi connectivity index (χ1n) is 9.72. The predicted octanol–water partition coefficient (Wildman–Crippen LogP) is 3.84. The zero-order valence-corrected chi connectivity index (χ0v) is 18.0. The third-order valence-electron chi connectivity index (χ3n) is 4.49. The molecule has 0 saturated carbocycles. The van der Waals surface area contributed by atoms with Crippen molar-refractivity contribution in [2.24, 2.45) is 0 Å². The molecule has 0 fully saturated rings. The summed E-state index contributed by atoms with van der Waals surface area (Å²) in [5, 5.41) is 2.30. The summed E-state index contributed by atoms with van der Waals surface area (Å²) in [7, 11) is -3.83. The number of para-hydroxylation sites is 2. The van der Waals surface area contributed by atoms with Crippen molar-refractivity contribution in [2.75, 3.05) is 22.8 Å². The second-order valence-electron chi connectivity index (χ2n) is 6.63. The fourth-order valence-electron chi connectivity index (χ4n) is 2.94. The quantitative estimate of drug-likeness (QED) is 0.520. The van der Waals surface area contributed by atoms with Crippen LogP contribution in [-0.2, 0) is 19.6 Å². The maximum atomic E-state index is 13.6. The molecule has 3 rings (SSSR count). The van der Waals surface area contributed by atoms with Crippen molar-refractivity contribution in [2.45, 2.75) is 11.8 Å². The highest BCUT2D eigenvalue weighted by Crippen LogP contribution is 2.23. The van der Waals surface area contributed by atoms with Gasteiger partial charge in [0.1, 0.15) is 5.82 Å². The van der Waals surface area contributed by atoms with Gasteiger partial charge in [0.15, 0.2) is 6.61 Å². The molecule has 1 amide bonds. The summed E-state index contributed by atoms with van der Waals surface area (Å²) < 4.78 is 45.7. The summed E-state index contributed by atoms with van der Waals surface area (Å²) in [6, 6.07) is 19.5. The lowest BCUT2D eigenvalue weighted by Crippen LogP contribution is -2.30. The number of halogens is 1. The molecule has 32 heavy (non-hydrogen) atoms. The number of rotatable bonds is 8. The van der Waals surface area contributed by atoms with Crippen LogP contribution in [0.4, 0.5) is 15.8 Å². The Bertz CT molecular complexity index is 1200. The van der Waals surface area contributed by atoms with Gasteiger partial charge in [-0.15, -0.1) is 0 Å². The minimum absolute atomic E-state index is 0.0112. The van der Waals surface area contributed by atoms with E-state index in [1.807, 2.05) is 0 Å². The van der Waals surface area contributed by atoms with Crippen LogP contribution in [0.25, 0.3) is 0 Å². The van der Waals surface area contributed by atoms with Gasteiger partial charge in [0.2, 0.25) is 0 Å². The largest absolute Gasteiger partial charge is 0.452 e. The molecule has 3 aromatic rings. The van der Waals surface area contributed by atoms with Gasteiger partial charge in [-0.2, -0.15) is 0 Å². The maximum absolute atomic E-state index is 13.6. The maximum Gasteiger partial charge on any atom is 0.338 e. The van der Waals surface area contributed by atoms with Crippen molar-refractivity contribution in [3.05, 3.63) is 90.2 Å². The van der Waals surface area contributed by atoms with Crippen molar-refractivity contribution < 1.29 is 27.1 Å². The molecular weight excluding hydrogens is 435 g/mol. The van der Waals surface area contributed by atoms with Crippen LogP contribution in [0.1, 0.15) is 17.3 Å². The Labute approximate surface area is 185 Å². The van der Waals surface area contributed by atoms with Gasteiger partial charge in [0, 0.05) is 6.54 Å². The fraction of sp³-hybridized carbons (Fsp3) is 0.130. The molecule has 0 aromatic heterocycles. The van der Waals surface area contributed by atoms with Crippen LogP contribution in [0.5, 0.6) is 0 Å². The lowest BCUT2D eigenvalue weighted by molar-refractivity contribution is -0.119. The summed E-state index contributed by atoms with van der Waals surface area (Å²) in [5.74, 6) is -2.13. The average molecular weight is 456 g/mol. The van der Waals surface area contributed by atoms with Gasteiger partial charge in [-0.1, -0.05) is 30.3 Å². The number of sulfonamides is 1. The van der Waals surface area contributed by atoms with Crippen LogP contribution >= 0.6 is 0 Å². The summed E-state index contributed by atoms with van der Waals surface area (Å²) >= 11 is 0. The van der Waals surface area contributed by atoms with Crippen LogP contribution in [0, 0.1) is 5.82 Å². The Morgan fingerprint density at radius 1 is 0.938 bits per heavy atom. The molecule has 0 spiro atoms. The molecule has 7 nitrogen and oxygen atoms in total. The standard InChI is InChI=1S/C23H21FN2O5S/c1-2-26(18-8-4-3-5-9-18)32(29,30)19-14-12-17(13-15-19)23(28)31-16-22(27)25-21-11-7-6-10-20(21)24/h3-15H,2,16H2,1H3,(H,25,27). The van der Waals surface area contributed by atoms with E-state index < -0.39 is 34.3 Å². The van der Waals surface area contributed by atoms with Gasteiger partial charge in [-0.05, 0) is 55.5 Å². The van der Waals surface area contributed by atoms with Gasteiger partial charge in [-0.25, -0.2) is 17.6 Å². The van der Waals surface area contributed by atoms with Gasteiger partial charge in [0.25, 0.3) is 15.9 Å². The number of carbonyl (C=O) groups is 2. The van der Waals surface area contributed by atoms with Crippen LogP contribution in [0.15, 0.2) is 83.8 Å². The topological polar surface area (TPSA) is 92.8 Å². The second kappa shape index (κ2) is 10.1. The van der Waals surface area contributed by atoms with Crippen molar-refractivity contribution in [1.29, 1.82) is 0 Å². The summed E-state index contributed by atoms with van der Waals surface area (Å²) in [6.07, 6.45) is 0.